The predicted molar refractivity (Wildman–Crippen MR) is 112 cm³/mol. The largest absolute Gasteiger partial charge is 0.341 e. The molecule has 0 bridgehead atoms. The molecule has 5 heteroatoms. The summed E-state index contributed by atoms with van der Waals surface area (Å²) in [6.07, 6.45) is 1.68. The van der Waals surface area contributed by atoms with Crippen LogP contribution in [0.3, 0.4) is 0 Å². The lowest BCUT2D eigenvalue weighted by Crippen LogP contribution is -2.52. The van der Waals surface area contributed by atoms with Gasteiger partial charge in [-0.2, -0.15) is 0 Å². The number of halogens is 1. The number of rotatable bonds is 5. The van der Waals surface area contributed by atoms with Gasteiger partial charge in [0.05, 0.1) is 0 Å². The van der Waals surface area contributed by atoms with E-state index in [2.05, 4.69) is 5.32 Å². The van der Waals surface area contributed by atoms with Gasteiger partial charge < -0.3 is 10.2 Å². The number of aryl methyl sites for hydroxylation is 1. The Labute approximate surface area is 172 Å². The van der Waals surface area contributed by atoms with Crippen LogP contribution >= 0.6 is 0 Å². The molecule has 1 N–H and O–H groups in total. The summed E-state index contributed by atoms with van der Waals surface area (Å²) in [5.74, 6) is -0.148. The van der Waals surface area contributed by atoms with E-state index in [0.29, 0.717) is 24.6 Å². The molecule has 0 aliphatic carbocycles. The predicted octanol–water partition coefficient (Wildman–Crippen LogP) is 4.29. The molecule has 2 amide bonds. The Morgan fingerprint density at radius 3 is 2.24 bits per heavy atom. The molecule has 29 heavy (non-hydrogen) atoms. The maximum absolute atomic E-state index is 13.2. The smallest absolute Gasteiger partial charge is 0.252 e. The van der Waals surface area contributed by atoms with Crippen LogP contribution in [0, 0.1) is 18.7 Å². The van der Waals surface area contributed by atoms with Crippen LogP contribution < -0.4 is 5.32 Å². The maximum atomic E-state index is 13.2. The number of carbonyl (C=O) groups excluding carboxylic acids is 2. The molecule has 0 aromatic heterocycles. The standard InChI is InChI=1S/C24H29FN2O2/c1-16(2)22(26-23(28)21-7-5-4-6-17(21)3)24(29)27-14-12-19(13-15-27)18-8-10-20(25)11-9-18/h4-11,16,19,22H,12-15H2,1-3H3,(H,26,28)/t22-/m1/s1. The molecule has 1 atom stereocenters. The van der Waals surface area contributed by atoms with E-state index in [9.17, 15) is 14.0 Å². The number of carbonyl (C=O) groups is 2. The van der Waals surface area contributed by atoms with Gasteiger partial charge in [-0.15, -0.1) is 0 Å². The monoisotopic (exact) mass is 396 g/mol. The van der Waals surface area contributed by atoms with E-state index in [1.165, 1.54) is 12.1 Å². The Hall–Kier alpha value is -2.69. The molecule has 3 rings (SSSR count). The second-order valence-corrected chi connectivity index (χ2v) is 8.16. The van der Waals surface area contributed by atoms with Crippen LogP contribution in [0.4, 0.5) is 4.39 Å². The van der Waals surface area contributed by atoms with Gasteiger partial charge in [0.1, 0.15) is 11.9 Å². The molecule has 1 aliphatic rings. The van der Waals surface area contributed by atoms with Gasteiger partial charge in [-0.1, -0.05) is 44.2 Å². The van der Waals surface area contributed by atoms with Crippen molar-refractivity contribution in [3.63, 3.8) is 0 Å². The van der Waals surface area contributed by atoms with Gasteiger partial charge in [0.15, 0.2) is 0 Å². The number of benzene rings is 2. The van der Waals surface area contributed by atoms with Crippen LogP contribution in [0.2, 0.25) is 0 Å². The third-order valence-electron chi connectivity index (χ3n) is 5.76. The first-order valence-electron chi connectivity index (χ1n) is 10.3. The minimum atomic E-state index is -0.551. The Morgan fingerprint density at radius 2 is 1.66 bits per heavy atom. The Bertz CT molecular complexity index is 855. The summed E-state index contributed by atoms with van der Waals surface area (Å²) in [7, 11) is 0. The molecular weight excluding hydrogens is 367 g/mol. The summed E-state index contributed by atoms with van der Waals surface area (Å²) in [6.45, 7) is 7.08. The van der Waals surface area contributed by atoms with Gasteiger partial charge in [0.25, 0.3) is 5.91 Å². The molecule has 0 radical (unpaired) electrons. The minimum absolute atomic E-state index is 0.00899. The van der Waals surface area contributed by atoms with Gasteiger partial charge in [0, 0.05) is 18.7 Å². The van der Waals surface area contributed by atoms with Crippen molar-refractivity contribution in [2.45, 2.75) is 45.6 Å². The van der Waals surface area contributed by atoms with Crippen LogP contribution in [0.15, 0.2) is 48.5 Å². The zero-order valence-corrected chi connectivity index (χ0v) is 17.3. The first-order chi connectivity index (χ1) is 13.9. The molecule has 2 aromatic rings. The van der Waals surface area contributed by atoms with Gasteiger partial charge in [0.2, 0.25) is 5.91 Å². The molecule has 1 heterocycles. The lowest BCUT2D eigenvalue weighted by Gasteiger charge is -2.35. The van der Waals surface area contributed by atoms with E-state index >= 15 is 0 Å². The van der Waals surface area contributed by atoms with Crippen molar-refractivity contribution in [1.82, 2.24) is 10.2 Å². The summed E-state index contributed by atoms with van der Waals surface area (Å²) in [5.41, 5.74) is 2.60. The molecule has 0 unspecified atom stereocenters. The normalized spacial score (nSPS) is 16.0. The second-order valence-electron chi connectivity index (χ2n) is 8.16. The molecule has 0 spiro atoms. The minimum Gasteiger partial charge on any atom is -0.341 e. The highest BCUT2D eigenvalue weighted by molar-refractivity contribution is 5.98. The SMILES string of the molecule is Cc1ccccc1C(=O)N[C@@H](C(=O)N1CCC(c2ccc(F)cc2)CC1)C(C)C. The van der Waals surface area contributed by atoms with E-state index in [1.54, 1.807) is 6.07 Å². The van der Waals surface area contributed by atoms with Crippen molar-refractivity contribution in [1.29, 1.82) is 0 Å². The molecule has 1 aliphatic heterocycles. The van der Waals surface area contributed by atoms with Crippen LogP contribution in [0.5, 0.6) is 0 Å². The summed E-state index contributed by atoms with van der Waals surface area (Å²) in [6, 6.07) is 13.5. The van der Waals surface area contributed by atoms with Crippen LogP contribution in [-0.2, 0) is 4.79 Å². The number of nitrogens with one attached hydrogen (secondary N) is 1. The molecule has 0 saturated carbocycles. The quantitative estimate of drug-likeness (QED) is 0.819. The molecule has 1 saturated heterocycles. The number of amides is 2. The van der Waals surface area contributed by atoms with E-state index in [0.717, 1.165) is 24.0 Å². The number of nitrogens with zero attached hydrogens (tertiary/aromatic N) is 1. The number of likely N-dealkylation sites (tertiary alicyclic amines) is 1. The number of hydrogen-bond donors (Lipinski definition) is 1. The molecule has 4 nitrogen and oxygen atoms in total. The third kappa shape index (κ3) is 5.03. The maximum Gasteiger partial charge on any atom is 0.252 e. The van der Waals surface area contributed by atoms with E-state index in [4.69, 9.17) is 0 Å². The fraction of sp³-hybridized carbons (Fsp3) is 0.417. The average molecular weight is 397 g/mol. The highest BCUT2D eigenvalue weighted by Crippen LogP contribution is 2.28. The van der Waals surface area contributed by atoms with Gasteiger partial charge in [-0.3, -0.25) is 9.59 Å². The second kappa shape index (κ2) is 9.21. The first kappa shape index (κ1) is 21.0. The van der Waals surface area contributed by atoms with E-state index < -0.39 is 6.04 Å². The van der Waals surface area contributed by atoms with Crippen LogP contribution in [0.25, 0.3) is 0 Å². The summed E-state index contributed by atoms with van der Waals surface area (Å²) >= 11 is 0. The average Bonchev–Trinajstić information content (AvgIpc) is 2.72. The lowest BCUT2D eigenvalue weighted by molar-refractivity contribution is -0.135. The number of piperidine rings is 1. The van der Waals surface area contributed by atoms with E-state index in [-0.39, 0.29) is 23.5 Å². The summed E-state index contributed by atoms with van der Waals surface area (Å²) in [5, 5.41) is 2.95. The Balaban J connectivity index is 1.63. The van der Waals surface area contributed by atoms with Gasteiger partial charge in [-0.25, -0.2) is 4.39 Å². The highest BCUT2D eigenvalue weighted by Gasteiger charge is 2.32. The van der Waals surface area contributed by atoms with Crippen LogP contribution in [-0.4, -0.2) is 35.8 Å². The van der Waals surface area contributed by atoms with Crippen molar-refractivity contribution >= 4 is 11.8 Å². The molecule has 1 fully saturated rings. The fourth-order valence-electron chi connectivity index (χ4n) is 3.93. The van der Waals surface area contributed by atoms with Crippen molar-refractivity contribution in [2.75, 3.05) is 13.1 Å². The molecular formula is C24H29FN2O2. The van der Waals surface area contributed by atoms with Gasteiger partial charge >= 0.3 is 0 Å². The molecule has 2 aromatic carbocycles. The third-order valence-corrected chi connectivity index (χ3v) is 5.76. The zero-order chi connectivity index (χ0) is 21.0. The highest BCUT2D eigenvalue weighted by atomic mass is 19.1. The summed E-state index contributed by atoms with van der Waals surface area (Å²) < 4.78 is 13.2. The lowest BCUT2D eigenvalue weighted by atomic mass is 9.89. The Kier molecular flexibility index (Phi) is 6.68. The van der Waals surface area contributed by atoms with Crippen molar-refractivity contribution in [2.24, 2.45) is 5.92 Å². The Morgan fingerprint density at radius 1 is 1.03 bits per heavy atom. The van der Waals surface area contributed by atoms with Crippen molar-refractivity contribution in [3.05, 3.63) is 71.0 Å². The van der Waals surface area contributed by atoms with Crippen LogP contribution in [0.1, 0.15) is 54.1 Å². The summed E-state index contributed by atoms with van der Waals surface area (Å²) in [4.78, 5) is 27.7. The topological polar surface area (TPSA) is 49.4 Å². The zero-order valence-electron chi connectivity index (χ0n) is 17.3. The fourth-order valence-corrected chi connectivity index (χ4v) is 3.93. The number of hydrogen-bond acceptors (Lipinski definition) is 2. The van der Waals surface area contributed by atoms with Crippen molar-refractivity contribution < 1.29 is 14.0 Å². The van der Waals surface area contributed by atoms with E-state index in [1.807, 2.05) is 56.0 Å². The molecule has 154 valence electrons. The first-order valence-corrected chi connectivity index (χ1v) is 10.3. The van der Waals surface area contributed by atoms with Gasteiger partial charge in [-0.05, 0) is 60.9 Å². The van der Waals surface area contributed by atoms with Crippen molar-refractivity contribution in [3.8, 4) is 0 Å².